The van der Waals surface area contributed by atoms with Crippen LogP contribution in [0.1, 0.15) is 26.7 Å². The van der Waals surface area contributed by atoms with Crippen LogP contribution in [-0.2, 0) is 4.84 Å². The number of unbranched alkanes of at least 4 members (excludes halogenated alkanes) is 1. The fraction of sp³-hybridized carbons (Fsp3) is 0.833. The molecule has 0 aromatic heterocycles. The molecule has 0 spiro atoms. The largest absolute Gasteiger partial charge is 0.396 e. The van der Waals surface area contributed by atoms with Crippen molar-refractivity contribution < 1.29 is 4.84 Å². The molecule has 1 radical (unpaired) electrons. The van der Waals surface area contributed by atoms with Gasteiger partial charge in [0.2, 0.25) is 0 Å². The van der Waals surface area contributed by atoms with Crippen LogP contribution < -0.4 is 0 Å². The average Bonchev–Trinajstić information content (AvgIpc) is 1.81. The molecular weight excluding hydrogens is 102 g/mol. The maximum atomic E-state index is 4.74. The average molecular weight is 114 g/mol. The minimum Gasteiger partial charge on any atom is -0.396 e. The van der Waals surface area contributed by atoms with Crippen molar-refractivity contribution in [1.82, 2.24) is 0 Å². The molecule has 0 atom stereocenters. The highest BCUT2D eigenvalue weighted by molar-refractivity contribution is 5.52. The molecule has 2 heteroatoms. The standard InChI is InChI=1S/C6H12NO/c1-3-5-6-8-7-4-2/h3,5-6H2,1-2H3. The van der Waals surface area contributed by atoms with E-state index < -0.39 is 0 Å². The Balaban J connectivity index is 2.72. The predicted molar refractivity (Wildman–Crippen MR) is 34.0 cm³/mol. The van der Waals surface area contributed by atoms with Gasteiger partial charge in [-0.25, -0.2) is 0 Å². The van der Waals surface area contributed by atoms with E-state index in [0.717, 1.165) is 19.4 Å². The molecule has 0 saturated carbocycles. The lowest BCUT2D eigenvalue weighted by molar-refractivity contribution is 0.142. The summed E-state index contributed by atoms with van der Waals surface area (Å²) in [6.07, 6.45) is 4.76. The van der Waals surface area contributed by atoms with Gasteiger partial charge in [0, 0.05) is 0 Å². The van der Waals surface area contributed by atoms with Gasteiger partial charge in [-0.05, 0) is 13.3 Å². The lowest BCUT2D eigenvalue weighted by Crippen LogP contribution is -1.84. The quantitative estimate of drug-likeness (QED) is 0.309. The summed E-state index contributed by atoms with van der Waals surface area (Å²) >= 11 is 0. The maximum absolute atomic E-state index is 4.74. The molecule has 8 heavy (non-hydrogen) atoms. The van der Waals surface area contributed by atoms with Crippen LogP contribution in [0.15, 0.2) is 5.16 Å². The fourth-order valence-electron chi connectivity index (χ4n) is 0.319. The maximum Gasteiger partial charge on any atom is 0.117 e. The third-order valence-corrected chi connectivity index (χ3v) is 0.745. The summed E-state index contributed by atoms with van der Waals surface area (Å²) in [5.41, 5.74) is 0. The van der Waals surface area contributed by atoms with Crippen LogP contribution in [0.3, 0.4) is 0 Å². The molecule has 0 rings (SSSR count). The van der Waals surface area contributed by atoms with Crippen molar-refractivity contribution in [3.8, 4) is 0 Å². The lowest BCUT2D eigenvalue weighted by atomic mass is 10.4. The molecule has 0 bridgehead atoms. The van der Waals surface area contributed by atoms with E-state index in [1.54, 1.807) is 6.92 Å². The van der Waals surface area contributed by atoms with E-state index in [2.05, 4.69) is 18.3 Å². The van der Waals surface area contributed by atoms with Gasteiger partial charge in [-0.2, -0.15) is 0 Å². The fourth-order valence-corrected chi connectivity index (χ4v) is 0.319. The van der Waals surface area contributed by atoms with Gasteiger partial charge in [-0.1, -0.05) is 18.5 Å². The Labute approximate surface area is 50.5 Å². The van der Waals surface area contributed by atoms with E-state index in [9.17, 15) is 0 Å². The summed E-state index contributed by atoms with van der Waals surface area (Å²) in [5.74, 6) is 0. The minimum atomic E-state index is 0.720. The van der Waals surface area contributed by atoms with Gasteiger partial charge in [0.1, 0.15) is 12.8 Å². The Bertz CT molecular complexity index is 61.5. The van der Waals surface area contributed by atoms with E-state index in [1.807, 2.05) is 0 Å². The van der Waals surface area contributed by atoms with Crippen LogP contribution in [0.25, 0.3) is 0 Å². The normalized spacial score (nSPS) is 10.2. The molecule has 0 aliphatic rings. The van der Waals surface area contributed by atoms with Gasteiger partial charge in [-0.3, -0.25) is 0 Å². The molecule has 0 aliphatic carbocycles. The third-order valence-electron chi connectivity index (χ3n) is 0.745. The van der Waals surface area contributed by atoms with Crippen molar-refractivity contribution in [2.75, 3.05) is 6.61 Å². The number of hydrogen-bond donors (Lipinski definition) is 0. The van der Waals surface area contributed by atoms with Gasteiger partial charge < -0.3 is 4.84 Å². The summed E-state index contributed by atoms with van der Waals surface area (Å²) in [6.45, 7) is 4.55. The first-order chi connectivity index (χ1) is 3.91. The number of rotatable bonds is 4. The highest BCUT2D eigenvalue weighted by Crippen LogP contribution is 1.86. The van der Waals surface area contributed by atoms with Crippen LogP contribution >= 0.6 is 0 Å². The molecule has 0 amide bonds. The van der Waals surface area contributed by atoms with Crippen molar-refractivity contribution in [3.63, 3.8) is 0 Å². The van der Waals surface area contributed by atoms with E-state index in [-0.39, 0.29) is 0 Å². The van der Waals surface area contributed by atoms with Crippen molar-refractivity contribution in [1.29, 1.82) is 0 Å². The van der Waals surface area contributed by atoms with Gasteiger partial charge in [-0.15, -0.1) is 0 Å². The Morgan fingerprint density at radius 3 is 2.88 bits per heavy atom. The van der Waals surface area contributed by atoms with E-state index >= 15 is 0 Å². The molecule has 0 heterocycles. The molecule has 0 unspecified atom stereocenters. The second-order valence-electron chi connectivity index (χ2n) is 1.50. The third kappa shape index (κ3) is 5.47. The van der Waals surface area contributed by atoms with Crippen molar-refractivity contribution >= 4 is 6.21 Å². The van der Waals surface area contributed by atoms with Crippen molar-refractivity contribution in [3.05, 3.63) is 0 Å². The Kier molecular flexibility index (Phi) is 6.04. The van der Waals surface area contributed by atoms with E-state index in [0.29, 0.717) is 0 Å². The summed E-state index contributed by atoms with van der Waals surface area (Å²) in [6, 6.07) is 0. The lowest BCUT2D eigenvalue weighted by Gasteiger charge is -1.92. The zero-order valence-corrected chi connectivity index (χ0v) is 5.48. The highest BCUT2D eigenvalue weighted by Gasteiger charge is 1.78. The molecule has 0 N–H and O–H groups in total. The monoisotopic (exact) mass is 114 g/mol. The minimum absolute atomic E-state index is 0.720. The van der Waals surface area contributed by atoms with Crippen molar-refractivity contribution in [2.45, 2.75) is 26.7 Å². The SMILES string of the molecule is C/[C]=N\OCCCC. The molecule has 0 fully saturated rings. The van der Waals surface area contributed by atoms with E-state index in [4.69, 9.17) is 4.84 Å². The Morgan fingerprint density at radius 1 is 1.62 bits per heavy atom. The van der Waals surface area contributed by atoms with Crippen molar-refractivity contribution in [2.24, 2.45) is 5.16 Å². The topological polar surface area (TPSA) is 21.6 Å². The van der Waals surface area contributed by atoms with Gasteiger partial charge in [0.15, 0.2) is 0 Å². The van der Waals surface area contributed by atoms with Gasteiger partial charge >= 0.3 is 0 Å². The molecule has 0 saturated heterocycles. The summed E-state index contributed by atoms with van der Waals surface area (Å²) in [4.78, 5) is 4.74. The first kappa shape index (κ1) is 7.47. The summed E-state index contributed by atoms with van der Waals surface area (Å²) in [5, 5.41) is 3.46. The van der Waals surface area contributed by atoms with Crippen LogP contribution in [0.2, 0.25) is 0 Å². The second-order valence-corrected chi connectivity index (χ2v) is 1.50. The molecular formula is C6H12NO. The second kappa shape index (κ2) is 6.47. The first-order valence-corrected chi connectivity index (χ1v) is 2.90. The number of hydrogen-bond acceptors (Lipinski definition) is 2. The van der Waals surface area contributed by atoms with Crippen LogP contribution in [-0.4, -0.2) is 12.8 Å². The van der Waals surface area contributed by atoms with Crippen LogP contribution in [0, 0.1) is 0 Å². The smallest absolute Gasteiger partial charge is 0.117 e. The highest BCUT2D eigenvalue weighted by atomic mass is 16.6. The first-order valence-electron chi connectivity index (χ1n) is 2.90. The molecule has 0 aliphatic heterocycles. The zero-order valence-electron chi connectivity index (χ0n) is 5.48. The van der Waals surface area contributed by atoms with E-state index in [1.165, 1.54) is 0 Å². The molecule has 47 valence electrons. The molecule has 0 aromatic rings. The predicted octanol–water partition coefficient (Wildman–Crippen LogP) is 1.69. The zero-order chi connectivity index (χ0) is 6.24. The Hall–Kier alpha value is -0.530. The van der Waals surface area contributed by atoms with Gasteiger partial charge in [0.25, 0.3) is 0 Å². The van der Waals surface area contributed by atoms with Gasteiger partial charge in [0.05, 0.1) is 0 Å². The van der Waals surface area contributed by atoms with Crippen LogP contribution in [0.5, 0.6) is 0 Å². The molecule has 0 aromatic carbocycles. The molecule has 2 nitrogen and oxygen atoms in total. The summed E-state index contributed by atoms with van der Waals surface area (Å²) < 4.78 is 0. The number of nitrogens with zero attached hydrogens (tertiary/aromatic N) is 1. The van der Waals surface area contributed by atoms with Crippen LogP contribution in [0.4, 0.5) is 0 Å². The Morgan fingerprint density at radius 2 is 2.38 bits per heavy atom. The summed E-state index contributed by atoms with van der Waals surface area (Å²) in [7, 11) is 0.